The summed E-state index contributed by atoms with van der Waals surface area (Å²) in [6, 6.07) is 0. The predicted molar refractivity (Wildman–Crippen MR) is 71.9 cm³/mol. The van der Waals surface area contributed by atoms with Gasteiger partial charge in [0.15, 0.2) is 11.5 Å². The van der Waals surface area contributed by atoms with E-state index in [2.05, 4.69) is 20.6 Å². The Balaban J connectivity index is 2.08. The summed E-state index contributed by atoms with van der Waals surface area (Å²) in [5.41, 5.74) is 0.811. The second kappa shape index (κ2) is 5.68. The number of anilines is 2. The zero-order chi connectivity index (χ0) is 13.0. The average molecular weight is 249 g/mol. The summed E-state index contributed by atoms with van der Waals surface area (Å²) in [4.78, 5) is 8.71. The van der Waals surface area contributed by atoms with E-state index in [0.717, 1.165) is 36.7 Å². The summed E-state index contributed by atoms with van der Waals surface area (Å²) >= 11 is 0. The van der Waals surface area contributed by atoms with Gasteiger partial charge >= 0.3 is 0 Å². The minimum Gasteiger partial charge on any atom is -0.393 e. The van der Waals surface area contributed by atoms with Crippen molar-refractivity contribution < 1.29 is 5.11 Å². The Morgan fingerprint density at radius 3 is 3.06 bits per heavy atom. The van der Waals surface area contributed by atoms with Gasteiger partial charge < -0.3 is 20.1 Å². The van der Waals surface area contributed by atoms with Crippen molar-refractivity contribution in [3.05, 3.63) is 18.6 Å². The van der Waals surface area contributed by atoms with E-state index in [0.29, 0.717) is 0 Å². The first kappa shape index (κ1) is 12.6. The van der Waals surface area contributed by atoms with Crippen LogP contribution in [0.3, 0.4) is 0 Å². The van der Waals surface area contributed by atoms with Crippen LogP contribution in [0.5, 0.6) is 0 Å². The van der Waals surface area contributed by atoms with Gasteiger partial charge in [-0.25, -0.2) is 9.97 Å². The third kappa shape index (κ3) is 2.89. The molecule has 0 aliphatic heterocycles. The van der Waals surface area contributed by atoms with Gasteiger partial charge in [0.2, 0.25) is 0 Å². The van der Waals surface area contributed by atoms with E-state index in [1.807, 2.05) is 23.8 Å². The normalized spacial score (nSPS) is 12.6. The lowest BCUT2D eigenvalue weighted by Crippen LogP contribution is -2.09. The number of aromatic nitrogens is 3. The maximum Gasteiger partial charge on any atom is 0.180 e. The molecule has 2 aromatic rings. The number of hydrogen-bond acceptors (Lipinski definition) is 5. The van der Waals surface area contributed by atoms with Crippen LogP contribution < -0.4 is 10.6 Å². The Labute approximate surface area is 106 Å². The zero-order valence-electron chi connectivity index (χ0n) is 10.7. The van der Waals surface area contributed by atoms with Crippen LogP contribution >= 0.6 is 0 Å². The highest BCUT2D eigenvalue weighted by Gasteiger charge is 2.06. The molecule has 2 aromatic heterocycles. The fourth-order valence-electron chi connectivity index (χ4n) is 1.77. The minimum atomic E-state index is -0.255. The Hall–Kier alpha value is -1.82. The van der Waals surface area contributed by atoms with Gasteiger partial charge in [-0.3, -0.25) is 0 Å². The van der Waals surface area contributed by atoms with Crippen molar-refractivity contribution in [1.29, 1.82) is 0 Å². The summed E-state index contributed by atoms with van der Waals surface area (Å²) in [7, 11) is 1.84. The lowest BCUT2D eigenvalue weighted by Gasteiger charge is -2.09. The van der Waals surface area contributed by atoms with Crippen LogP contribution in [0.15, 0.2) is 18.6 Å². The first-order chi connectivity index (χ1) is 8.70. The van der Waals surface area contributed by atoms with E-state index in [-0.39, 0.29) is 6.10 Å². The van der Waals surface area contributed by atoms with Crippen LogP contribution in [0.1, 0.15) is 19.8 Å². The first-order valence-electron chi connectivity index (χ1n) is 6.14. The smallest absolute Gasteiger partial charge is 0.180 e. The van der Waals surface area contributed by atoms with Crippen molar-refractivity contribution in [3.63, 3.8) is 0 Å². The summed E-state index contributed by atoms with van der Waals surface area (Å²) in [5, 5.41) is 15.5. The number of aliphatic hydroxyl groups excluding tert-OH is 1. The maximum atomic E-state index is 9.20. The number of fused-ring (bicyclic) bond motifs is 1. The third-order valence-electron chi connectivity index (χ3n) is 2.72. The molecule has 0 saturated carbocycles. The largest absolute Gasteiger partial charge is 0.393 e. The van der Waals surface area contributed by atoms with Crippen molar-refractivity contribution in [3.8, 4) is 0 Å². The van der Waals surface area contributed by atoms with Crippen LogP contribution in [0, 0.1) is 0 Å². The SMILES string of the molecule is CNc1cn2ccnc2c(NCCCC(C)O)n1. The summed E-state index contributed by atoms with van der Waals surface area (Å²) < 4.78 is 1.93. The van der Waals surface area contributed by atoms with Gasteiger partial charge in [0.25, 0.3) is 0 Å². The monoisotopic (exact) mass is 249 g/mol. The first-order valence-corrected chi connectivity index (χ1v) is 6.14. The molecule has 3 N–H and O–H groups in total. The van der Waals surface area contributed by atoms with Gasteiger partial charge in [-0.2, -0.15) is 0 Å². The molecule has 6 heteroatoms. The molecular weight excluding hydrogens is 230 g/mol. The molecule has 0 radical (unpaired) electrons. The lowest BCUT2D eigenvalue weighted by atomic mass is 10.2. The van der Waals surface area contributed by atoms with Gasteiger partial charge in [0.05, 0.1) is 12.3 Å². The van der Waals surface area contributed by atoms with E-state index < -0.39 is 0 Å². The van der Waals surface area contributed by atoms with Crippen molar-refractivity contribution in [2.24, 2.45) is 0 Å². The van der Waals surface area contributed by atoms with Gasteiger partial charge in [-0.15, -0.1) is 0 Å². The van der Waals surface area contributed by atoms with Crippen LogP contribution in [-0.4, -0.2) is 39.2 Å². The van der Waals surface area contributed by atoms with E-state index in [4.69, 9.17) is 0 Å². The van der Waals surface area contributed by atoms with Crippen molar-refractivity contribution in [2.75, 3.05) is 24.2 Å². The van der Waals surface area contributed by atoms with E-state index in [1.165, 1.54) is 0 Å². The van der Waals surface area contributed by atoms with Crippen LogP contribution in [-0.2, 0) is 0 Å². The van der Waals surface area contributed by atoms with E-state index >= 15 is 0 Å². The quantitative estimate of drug-likeness (QED) is 0.674. The molecule has 2 heterocycles. The predicted octanol–water partition coefficient (Wildman–Crippen LogP) is 1.34. The van der Waals surface area contributed by atoms with Crippen molar-refractivity contribution >= 4 is 17.3 Å². The molecule has 0 bridgehead atoms. The maximum absolute atomic E-state index is 9.20. The molecule has 0 fully saturated rings. The number of rotatable bonds is 6. The van der Waals surface area contributed by atoms with Crippen molar-refractivity contribution in [2.45, 2.75) is 25.9 Å². The number of aliphatic hydroxyl groups is 1. The number of hydrogen-bond donors (Lipinski definition) is 3. The minimum absolute atomic E-state index is 0.255. The molecule has 0 aromatic carbocycles. The Morgan fingerprint density at radius 1 is 1.50 bits per heavy atom. The highest BCUT2D eigenvalue weighted by molar-refractivity contribution is 5.65. The number of imidazole rings is 1. The number of nitrogens with one attached hydrogen (secondary N) is 2. The van der Waals surface area contributed by atoms with Crippen molar-refractivity contribution in [1.82, 2.24) is 14.4 Å². The third-order valence-corrected chi connectivity index (χ3v) is 2.72. The molecule has 2 rings (SSSR count). The topological polar surface area (TPSA) is 74.5 Å². The van der Waals surface area contributed by atoms with Crippen LogP contribution in [0.4, 0.5) is 11.6 Å². The standard InChI is InChI=1S/C12H19N5O/c1-9(18)4-3-5-14-11-12-15-6-7-17(12)8-10(13-2)16-11/h6-9,13,18H,3-5H2,1-2H3,(H,14,16). The molecule has 0 amide bonds. The highest BCUT2D eigenvalue weighted by atomic mass is 16.3. The fourth-order valence-corrected chi connectivity index (χ4v) is 1.77. The fraction of sp³-hybridized carbons (Fsp3) is 0.500. The van der Waals surface area contributed by atoms with Gasteiger partial charge in [-0.1, -0.05) is 0 Å². The van der Waals surface area contributed by atoms with Crippen LogP contribution in [0.25, 0.3) is 5.65 Å². The molecule has 6 nitrogen and oxygen atoms in total. The molecule has 0 aliphatic rings. The van der Waals surface area contributed by atoms with Gasteiger partial charge in [-0.05, 0) is 19.8 Å². The second-order valence-electron chi connectivity index (χ2n) is 4.30. The molecule has 1 atom stereocenters. The molecule has 0 aliphatic carbocycles. The summed E-state index contributed by atoms with van der Waals surface area (Å²) in [6.07, 6.45) is 6.95. The summed E-state index contributed by atoms with van der Waals surface area (Å²) in [5.74, 6) is 1.55. The van der Waals surface area contributed by atoms with E-state index in [1.54, 1.807) is 13.1 Å². The molecule has 0 spiro atoms. The lowest BCUT2D eigenvalue weighted by molar-refractivity contribution is 0.183. The highest BCUT2D eigenvalue weighted by Crippen LogP contribution is 2.16. The average Bonchev–Trinajstić information content (AvgIpc) is 2.82. The summed E-state index contributed by atoms with van der Waals surface area (Å²) in [6.45, 7) is 2.57. The Morgan fingerprint density at radius 2 is 2.33 bits per heavy atom. The molecule has 1 unspecified atom stereocenters. The Bertz CT molecular complexity index is 508. The van der Waals surface area contributed by atoms with Crippen LogP contribution in [0.2, 0.25) is 0 Å². The zero-order valence-corrected chi connectivity index (χ0v) is 10.7. The number of nitrogens with zero attached hydrogens (tertiary/aromatic N) is 3. The Kier molecular flexibility index (Phi) is 3.99. The van der Waals surface area contributed by atoms with Gasteiger partial charge in [0, 0.05) is 26.0 Å². The van der Waals surface area contributed by atoms with Gasteiger partial charge in [0.1, 0.15) is 5.82 Å². The molecule has 18 heavy (non-hydrogen) atoms. The molecule has 0 saturated heterocycles. The molecule has 98 valence electrons. The van der Waals surface area contributed by atoms with E-state index in [9.17, 15) is 5.11 Å². The molecular formula is C12H19N5O. The second-order valence-corrected chi connectivity index (χ2v) is 4.30.